The Hall–Kier alpha value is -2.23. The molecule has 29 heavy (non-hydrogen) atoms. The van der Waals surface area contributed by atoms with E-state index in [0.717, 1.165) is 63.8 Å². The fourth-order valence-electron chi connectivity index (χ4n) is 3.48. The van der Waals surface area contributed by atoms with E-state index in [1.54, 1.807) is 29.8 Å². The molecule has 0 radical (unpaired) electrons. The summed E-state index contributed by atoms with van der Waals surface area (Å²) in [6.45, 7) is 4.96. The number of aromatic hydroxyl groups is 1. The van der Waals surface area contributed by atoms with Crippen molar-refractivity contribution in [1.29, 1.82) is 0 Å². The molecule has 2 aromatic rings. The van der Waals surface area contributed by atoms with Crippen molar-refractivity contribution in [3.05, 3.63) is 59.0 Å². The number of hydrogen-bond acceptors (Lipinski definition) is 4. The van der Waals surface area contributed by atoms with Crippen LogP contribution in [0.4, 0.5) is 5.69 Å². The maximum absolute atomic E-state index is 11.7. The lowest BCUT2D eigenvalue weighted by Crippen LogP contribution is -2.52. The van der Waals surface area contributed by atoms with Crippen LogP contribution in [0.3, 0.4) is 0 Å². The smallest absolute Gasteiger partial charge is 0.250 e. The highest BCUT2D eigenvalue weighted by molar-refractivity contribution is 14.0. The minimum absolute atomic E-state index is 0. The predicted molar refractivity (Wildman–Crippen MR) is 129 cm³/mol. The summed E-state index contributed by atoms with van der Waals surface area (Å²) >= 11 is 0. The summed E-state index contributed by atoms with van der Waals surface area (Å²) in [5.41, 5.74) is 0.940. The van der Waals surface area contributed by atoms with Crippen LogP contribution in [0.25, 0.3) is 0 Å². The number of nitrogens with zero attached hydrogens (tertiary/aromatic N) is 4. The molecule has 0 bridgehead atoms. The second kappa shape index (κ2) is 11.7. The quantitative estimate of drug-likeness (QED) is 0.270. The maximum atomic E-state index is 11.7. The number of nitrogens with one attached hydrogen (secondary N) is 1. The second-order valence-electron chi connectivity index (χ2n) is 6.88. The molecule has 1 saturated heterocycles. The molecule has 1 fully saturated rings. The molecule has 3 rings (SSSR count). The Morgan fingerprint density at radius 2 is 1.79 bits per heavy atom. The number of pyridine rings is 1. The van der Waals surface area contributed by atoms with Gasteiger partial charge in [-0.05, 0) is 31.0 Å². The molecular weight excluding hydrogens is 481 g/mol. The number of phenols is 1. The van der Waals surface area contributed by atoms with Crippen molar-refractivity contribution in [2.45, 2.75) is 19.4 Å². The summed E-state index contributed by atoms with van der Waals surface area (Å²) in [6.07, 6.45) is 3.74. The van der Waals surface area contributed by atoms with Gasteiger partial charge in [0.1, 0.15) is 5.75 Å². The van der Waals surface area contributed by atoms with E-state index in [-0.39, 0.29) is 29.5 Å². The van der Waals surface area contributed by atoms with Gasteiger partial charge in [-0.25, -0.2) is 0 Å². The lowest BCUT2D eigenvalue weighted by Gasteiger charge is -2.37. The minimum Gasteiger partial charge on any atom is -0.506 e. The molecule has 1 aromatic carbocycles. The molecule has 8 heteroatoms. The lowest BCUT2D eigenvalue weighted by molar-refractivity contribution is 0.369. The van der Waals surface area contributed by atoms with E-state index in [9.17, 15) is 9.90 Å². The van der Waals surface area contributed by atoms with Gasteiger partial charge in [0.25, 0.3) is 0 Å². The van der Waals surface area contributed by atoms with Gasteiger partial charge in [-0.1, -0.05) is 18.2 Å². The fraction of sp³-hybridized carbons (Fsp3) is 0.429. The third-order valence-electron chi connectivity index (χ3n) is 5.02. The Morgan fingerprint density at radius 3 is 2.48 bits per heavy atom. The standard InChI is InChI=1S/C21H29N5O2.HI/c1-22-21(23-11-5-7-13-25-12-6-4-10-20(25)28)26-16-14-24(15-17-26)18-8-2-3-9-19(18)27;/h2-4,6,8-10,12,27H,5,7,11,13-17H2,1H3,(H,22,23);1H. The van der Waals surface area contributed by atoms with Crippen LogP contribution < -0.4 is 15.8 Å². The molecule has 2 N–H and O–H groups in total. The predicted octanol–water partition coefficient (Wildman–Crippen LogP) is 2.35. The molecule has 1 aliphatic rings. The monoisotopic (exact) mass is 511 g/mol. The van der Waals surface area contributed by atoms with Gasteiger partial charge >= 0.3 is 0 Å². The molecule has 0 atom stereocenters. The molecule has 158 valence electrons. The van der Waals surface area contributed by atoms with E-state index in [1.807, 2.05) is 30.5 Å². The molecule has 1 aromatic heterocycles. The first-order valence-electron chi connectivity index (χ1n) is 9.83. The molecule has 0 amide bonds. The number of aliphatic imine (C=N–C) groups is 1. The van der Waals surface area contributed by atoms with Gasteiger partial charge in [-0.3, -0.25) is 9.79 Å². The Labute approximate surface area is 189 Å². The zero-order valence-electron chi connectivity index (χ0n) is 16.8. The van der Waals surface area contributed by atoms with E-state index in [0.29, 0.717) is 5.75 Å². The number of unbranched alkanes of at least 4 members (excludes halogenated alkanes) is 1. The average molecular weight is 511 g/mol. The minimum atomic E-state index is 0. The Balaban J connectivity index is 0.00000300. The zero-order chi connectivity index (χ0) is 19.8. The van der Waals surface area contributed by atoms with Crippen molar-refractivity contribution < 1.29 is 5.11 Å². The highest BCUT2D eigenvalue weighted by Gasteiger charge is 2.21. The van der Waals surface area contributed by atoms with Gasteiger partial charge in [0.2, 0.25) is 5.56 Å². The molecule has 7 nitrogen and oxygen atoms in total. The largest absolute Gasteiger partial charge is 0.506 e. The number of aromatic nitrogens is 1. The van der Waals surface area contributed by atoms with Crippen molar-refractivity contribution in [2.75, 3.05) is 44.7 Å². The van der Waals surface area contributed by atoms with E-state index in [2.05, 4.69) is 20.1 Å². The van der Waals surface area contributed by atoms with Crippen molar-refractivity contribution in [3.8, 4) is 5.75 Å². The first-order valence-corrected chi connectivity index (χ1v) is 9.83. The number of guanidine groups is 1. The van der Waals surface area contributed by atoms with Gasteiger partial charge in [0.05, 0.1) is 5.69 Å². The van der Waals surface area contributed by atoms with Gasteiger partial charge < -0.3 is 24.8 Å². The number of piperazine rings is 1. The van der Waals surface area contributed by atoms with Crippen molar-refractivity contribution in [3.63, 3.8) is 0 Å². The van der Waals surface area contributed by atoms with Crippen LogP contribution in [-0.4, -0.2) is 60.3 Å². The van der Waals surface area contributed by atoms with Crippen LogP contribution >= 0.6 is 24.0 Å². The number of benzene rings is 1. The molecule has 1 aliphatic heterocycles. The first-order chi connectivity index (χ1) is 13.7. The number of hydrogen-bond donors (Lipinski definition) is 2. The molecule has 0 saturated carbocycles. The molecular formula is C21H30IN5O2. The van der Waals surface area contributed by atoms with E-state index in [4.69, 9.17) is 0 Å². The first kappa shape index (κ1) is 23.1. The Morgan fingerprint density at radius 1 is 1.07 bits per heavy atom. The van der Waals surface area contributed by atoms with Gasteiger partial charge in [-0.2, -0.15) is 0 Å². The van der Waals surface area contributed by atoms with Crippen molar-refractivity contribution in [2.24, 2.45) is 4.99 Å². The van der Waals surface area contributed by atoms with Gasteiger partial charge in [-0.15, -0.1) is 24.0 Å². The number of halogens is 1. The lowest BCUT2D eigenvalue weighted by atomic mass is 10.2. The third-order valence-corrected chi connectivity index (χ3v) is 5.02. The average Bonchev–Trinajstić information content (AvgIpc) is 2.73. The summed E-state index contributed by atoms with van der Waals surface area (Å²) in [5, 5.41) is 13.5. The highest BCUT2D eigenvalue weighted by atomic mass is 127. The summed E-state index contributed by atoms with van der Waals surface area (Å²) in [6, 6.07) is 12.7. The van der Waals surface area contributed by atoms with Crippen molar-refractivity contribution >= 4 is 35.6 Å². The Kier molecular flexibility index (Phi) is 9.30. The fourth-order valence-corrected chi connectivity index (χ4v) is 3.48. The highest BCUT2D eigenvalue weighted by Crippen LogP contribution is 2.27. The van der Waals surface area contributed by atoms with Crippen LogP contribution in [0, 0.1) is 0 Å². The molecule has 0 spiro atoms. The molecule has 2 heterocycles. The van der Waals surface area contributed by atoms with E-state index < -0.39 is 0 Å². The maximum Gasteiger partial charge on any atom is 0.250 e. The number of aryl methyl sites for hydroxylation is 1. The Bertz CT molecular complexity index is 847. The number of rotatable bonds is 6. The number of para-hydroxylation sites is 2. The summed E-state index contributed by atoms with van der Waals surface area (Å²) < 4.78 is 1.74. The van der Waals surface area contributed by atoms with E-state index >= 15 is 0 Å². The van der Waals surface area contributed by atoms with Gasteiger partial charge in [0, 0.05) is 58.6 Å². The van der Waals surface area contributed by atoms with E-state index in [1.165, 1.54) is 0 Å². The zero-order valence-corrected chi connectivity index (χ0v) is 19.2. The number of anilines is 1. The van der Waals surface area contributed by atoms with Crippen LogP contribution in [0.1, 0.15) is 12.8 Å². The van der Waals surface area contributed by atoms with Crippen molar-refractivity contribution in [1.82, 2.24) is 14.8 Å². The third kappa shape index (κ3) is 6.38. The summed E-state index contributed by atoms with van der Waals surface area (Å²) in [7, 11) is 1.81. The number of phenolic OH excluding ortho intramolecular Hbond substituents is 1. The normalized spacial score (nSPS) is 14.4. The summed E-state index contributed by atoms with van der Waals surface area (Å²) in [5.74, 6) is 1.24. The van der Waals surface area contributed by atoms with Crippen LogP contribution in [0.5, 0.6) is 5.75 Å². The second-order valence-corrected chi connectivity index (χ2v) is 6.88. The molecule has 0 unspecified atom stereocenters. The van der Waals surface area contributed by atoms with Crippen LogP contribution in [0.15, 0.2) is 58.4 Å². The molecule has 0 aliphatic carbocycles. The summed E-state index contributed by atoms with van der Waals surface area (Å²) in [4.78, 5) is 20.6. The van der Waals surface area contributed by atoms with Crippen LogP contribution in [0.2, 0.25) is 0 Å². The topological polar surface area (TPSA) is 73.1 Å². The van der Waals surface area contributed by atoms with Gasteiger partial charge in [0.15, 0.2) is 5.96 Å². The van der Waals surface area contributed by atoms with Crippen LogP contribution in [-0.2, 0) is 6.54 Å². The SMILES string of the molecule is CN=C(NCCCCn1ccccc1=O)N1CCN(c2ccccc2O)CC1.I.